The van der Waals surface area contributed by atoms with Gasteiger partial charge < -0.3 is 5.73 Å². The van der Waals surface area contributed by atoms with Crippen molar-refractivity contribution in [3.05, 3.63) is 40.4 Å². The first-order valence-electron chi connectivity index (χ1n) is 5.69. The van der Waals surface area contributed by atoms with Gasteiger partial charge in [0.05, 0.1) is 4.90 Å². The van der Waals surface area contributed by atoms with E-state index in [9.17, 15) is 8.42 Å². The number of hydrogen-bond donors (Lipinski definition) is 1. The van der Waals surface area contributed by atoms with E-state index in [2.05, 4.69) is 15.9 Å². The van der Waals surface area contributed by atoms with Gasteiger partial charge in [0.2, 0.25) is 10.0 Å². The first kappa shape index (κ1) is 13.7. The summed E-state index contributed by atoms with van der Waals surface area (Å²) in [5.41, 5.74) is 6.37. The third-order valence-corrected chi connectivity index (χ3v) is 5.73. The largest absolute Gasteiger partial charge is 0.326 e. The van der Waals surface area contributed by atoms with Crippen molar-refractivity contribution >= 4 is 26.0 Å². The quantitative estimate of drug-likeness (QED) is 0.860. The molecule has 0 aromatic heterocycles. The van der Waals surface area contributed by atoms with E-state index in [1.807, 2.05) is 18.2 Å². The highest BCUT2D eigenvalue weighted by Crippen LogP contribution is 2.27. The Morgan fingerprint density at radius 2 is 2.11 bits per heavy atom. The van der Waals surface area contributed by atoms with Gasteiger partial charge in [0.15, 0.2) is 0 Å². The lowest BCUT2D eigenvalue weighted by atomic mass is 10.2. The summed E-state index contributed by atoms with van der Waals surface area (Å²) < 4.78 is 27.1. The molecule has 0 radical (unpaired) electrons. The molecule has 0 atom stereocenters. The minimum absolute atomic E-state index is 0.292. The van der Waals surface area contributed by atoms with Crippen LogP contribution in [-0.2, 0) is 16.6 Å². The average Bonchev–Trinajstić information content (AvgIpc) is 2.40. The van der Waals surface area contributed by atoms with Crippen LogP contribution in [0, 0.1) is 0 Å². The third-order valence-electron chi connectivity index (χ3n) is 2.87. The molecule has 0 spiro atoms. The van der Waals surface area contributed by atoms with E-state index in [1.54, 1.807) is 12.1 Å². The van der Waals surface area contributed by atoms with Crippen molar-refractivity contribution in [1.82, 2.24) is 4.31 Å². The maximum absolute atomic E-state index is 12.5. The Labute approximate surface area is 116 Å². The lowest BCUT2D eigenvalue weighted by molar-refractivity contribution is 0.437. The molecule has 0 amide bonds. The molecule has 4 nitrogen and oxygen atoms in total. The fourth-order valence-corrected chi connectivity index (χ4v) is 4.23. The monoisotopic (exact) mass is 330 g/mol. The lowest BCUT2D eigenvalue weighted by Crippen LogP contribution is -2.34. The van der Waals surface area contributed by atoms with E-state index in [4.69, 9.17) is 5.73 Å². The molecule has 1 aromatic carbocycles. The van der Waals surface area contributed by atoms with E-state index >= 15 is 0 Å². The molecule has 2 rings (SSSR count). The Morgan fingerprint density at radius 1 is 1.33 bits per heavy atom. The second-order valence-corrected chi connectivity index (χ2v) is 6.85. The summed E-state index contributed by atoms with van der Waals surface area (Å²) in [4.78, 5) is 0.292. The predicted molar refractivity (Wildman–Crippen MR) is 74.5 cm³/mol. The van der Waals surface area contributed by atoms with Gasteiger partial charge in [-0.2, -0.15) is 4.31 Å². The fraction of sp³-hybridized carbons (Fsp3) is 0.333. The smallest absolute Gasteiger partial charge is 0.244 e. The van der Waals surface area contributed by atoms with Gasteiger partial charge in [-0.1, -0.05) is 18.2 Å². The first-order chi connectivity index (χ1) is 8.55. The first-order valence-corrected chi connectivity index (χ1v) is 7.92. The minimum Gasteiger partial charge on any atom is -0.326 e. The van der Waals surface area contributed by atoms with Crippen molar-refractivity contribution in [2.75, 3.05) is 13.1 Å². The summed E-state index contributed by atoms with van der Waals surface area (Å²) >= 11 is 3.30. The molecule has 0 aliphatic carbocycles. The summed E-state index contributed by atoms with van der Waals surface area (Å²) in [7, 11) is -3.45. The van der Waals surface area contributed by atoms with Gasteiger partial charge in [0, 0.05) is 24.1 Å². The van der Waals surface area contributed by atoms with Gasteiger partial charge in [-0.3, -0.25) is 0 Å². The van der Waals surface area contributed by atoms with Crippen LogP contribution in [0.25, 0.3) is 0 Å². The number of nitrogens with zero attached hydrogens (tertiary/aromatic N) is 1. The molecule has 18 heavy (non-hydrogen) atoms. The number of nitrogens with two attached hydrogens (primary N) is 1. The van der Waals surface area contributed by atoms with Crippen LogP contribution >= 0.6 is 15.9 Å². The topological polar surface area (TPSA) is 63.4 Å². The molecule has 0 fully saturated rings. The summed E-state index contributed by atoms with van der Waals surface area (Å²) in [6.07, 6.45) is 4.63. The summed E-state index contributed by atoms with van der Waals surface area (Å²) in [5, 5.41) is 0. The standard InChI is InChI=1S/C12H15BrN2O2S/c13-11-5-4-10(9-14)8-12(11)18(16,17)15-6-2-1-3-7-15/h1-2,4-5,8H,3,6-7,9,14H2. The van der Waals surface area contributed by atoms with Gasteiger partial charge in [0.1, 0.15) is 0 Å². The third kappa shape index (κ3) is 2.66. The van der Waals surface area contributed by atoms with Crippen molar-refractivity contribution < 1.29 is 8.42 Å². The summed E-state index contributed by atoms with van der Waals surface area (Å²) in [6.45, 7) is 1.29. The molecular weight excluding hydrogens is 316 g/mol. The molecular formula is C12H15BrN2O2S. The molecule has 0 bridgehead atoms. The number of benzene rings is 1. The normalized spacial score (nSPS) is 17.0. The summed E-state index contributed by atoms with van der Waals surface area (Å²) in [5.74, 6) is 0. The number of rotatable bonds is 3. The van der Waals surface area contributed by atoms with Crippen LogP contribution in [0.4, 0.5) is 0 Å². The van der Waals surface area contributed by atoms with Gasteiger partial charge in [-0.15, -0.1) is 0 Å². The fourth-order valence-electron chi connectivity index (χ4n) is 1.85. The van der Waals surface area contributed by atoms with Crippen molar-refractivity contribution in [2.24, 2.45) is 5.73 Å². The minimum atomic E-state index is -3.45. The molecule has 6 heteroatoms. The number of halogens is 1. The Kier molecular flexibility index (Phi) is 4.21. The van der Waals surface area contributed by atoms with Crippen LogP contribution in [0.15, 0.2) is 39.7 Å². The zero-order valence-electron chi connectivity index (χ0n) is 9.84. The van der Waals surface area contributed by atoms with Gasteiger partial charge in [-0.05, 0) is 40.0 Å². The molecule has 0 saturated heterocycles. The Balaban J connectivity index is 2.43. The van der Waals surface area contributed by atoms with E-state index in [0.717, 1.165) is 12.0 Å². The van der Waals surface area contributed by atoms with Crippen molar-refractivity contribution in [1.29, 1.82) is 0 Å². The number of hydrogen-bond acceptors (Lipinski definition) is 3. The maximum atomic E-state index is 12.5. The molecule has 0 unspecified atom stereocenters. The van der Waals surface area contributed by atoms with Crippen LogP contribution in [0.1, 0.15) is 12.0 Å². The Bertz CT molecular complexity index is 569. The lowest BCUT2D eigenvalue weighted by Gasteiger charge is -2.23. The van der Waals surface area contributed by atoms with Crippen LogP contribution in [0.2, 0.25) is 0 Å². The highest BCUT2D eigenvalue weighted by Gasteiger charge is 2.26. The highest BCUT2D eigenvalue weighted by atomic mass is 79.9. The van der Waals surface area contributed by atoms with E-state index in [0.29, 0.717) is 29.0 Å². The van der Waals surface area contributed by atoms with Crippen molar-refractivity contribution in [3.63, 3.8) is 0 Å². The average molecular weight is 331 g/mol. The molecule has 98 valence electrons. The zero-order chi connectivity index (χ0) is 13.2. The van der Waals surface area contributed by atoms with Crippen LogP contribution < -0.4 is 5.73 Å². The predicted octanol–water partition coefficient (Wildman–Crippen LogP) is 1.86. The van der Waals surface area contributed by atoms with Gasteiger partial charge >= 0.3 is 0 Å². The second-order valence-electron chi connectivity index (χ2n) is 4.09. The molecule has 2 N–H and O–H groups in total. The highest BCUT2D eigenvalue weighted by molar-refractivity contribution is 9.10. The van der Waals surface area contributed by atoms with E-state index in [1.165, 1.54) is 4.31 Å². The SMILES string of the molecule is NCc1ccc(Br)c(S(=O)(=O)N2CC=CCC2)c1. The maximum Gasteiger partial charge on any atom is 0.244 e. The molecule has 1 aliphatic heterocycles. The Hall–Kier alpha value is -0.690. The van der Waals surface area contributed by atoms with Gasteiger partial charge in [0.25, 0.3) is 0 Å². The molecule has 1 aliphatic rings. The van der Waals surface area contributed by atoms with Crippen molar-refractivity contribution in [2.45, 2.75) is 17.9 Å². The van der Waals surface area contributed by atoms with Gasteiger partial charge in [-0.25, -0.2) is 8.42 Å². The van der Waals surface area contributed by atoms with Crippen molar-refractivity contribution in [3.8, 4) is 0 Å². The van der Waals surface area contributed by atoms with E-state index in [-0.39, 0.29) is 0 Å². The van der Waals surface area contributed by atoms with Crippen LogP contribution in [-0.4, -0.2) is 25.8 Å². The molecule has 1 aromatic rings. The molecule has 0 saturated carbocycles. The van der Waals surface area contributed by atoms with E-state index < -0.39 is 10.0 Å². The van der Waals surface area contributed by atoms with Crippen LogP contribution in [0.5, 0.6) is 0 Å². The summed E-state index contributed by atoms with van der Waals surface area (Å²) in [6, 6.07) is 5.19. The second kappa shape index (κ2) is 5.52. The number of sulfonamides is 1. The zero-order valence-corrected chi connectivity index (χ0v) is 12.2. The molecule has 1 heterocycles. The van der Waals surface area contributed by atoms with Crippen LogP contribution in [0.3, 0.4) is 0 Å². The Morgan fingerprint density at radius 3 is 2.72 bits per heavy atom.